The summed E-state index contributed by atoms with van der Waals surface area (Å²) in [7, 11) is 1.61. The number of nitrogens with one attached hydrogen (secondary N) is 2. The molecular weight excluding hydrogens is 422 g/mol. The number of hydrogen-bond donors (Lipinski definition) is 2. The van der Waals surface area contributed by atoms with Crippen LogP contribution in [0.5, 0.6) is 0 Å². The number of carbonyl (C=O) groups excluding carboxylic acids is 1. The maximum absolute atomic E-state index is 12.3. The highest BCUT2D eigenvalue weighted by molar-refractivity contribution is 7.71. The number of aryl methyl sites for hydroxylation is 1. The monoisotopic (exact) mass is 449 g/mol. The van der Waals surface area contributed by atoms with Gasteiger partial charge < -0.3 is 15.2 Å². The lowest BCUT2D eigenvalue weighted by Gasteiger charge is -2.29. The highest BCUT2D eigenvalue weighted by Crippen LogP contribution is 2.25. The zero-order valence-corrected chi connectivity index (χ0v) is 19.4. The van der Waals surface area contributed by atoms with Crippen LogP contribution in [-0.4, -0.2) is 40.6 Å². The summed E-state index contributed by atoms with van der Waals surface area (Å²) >= 11 is 5.48. The first-order valence-corrected chi connectivity index (χ1v) is 11.2. The molecule has 32 heavy (non-hydrogen) atoms. The first-order valence-electron chi connectivity index (χ1n) is 10.8. The second kappa shape index (κ2) is 9.08. The number of H-pyrrole nitrogens is 1. The molecule has 0 unspecified atom stereocenters. The van der Waals surface area contributed by atoms with E-state index >= 15 is 0 Å². The van der Waals surface area contributed by atoms with Gasteiger partial charge in [-0.25, -0.2) is 9.78 Å². The van der Waals surface area contributed by atoms with E-state index in [1.54, 1.807) is 17.7 Å². The Morgan fingerprint density at radius 1 is 1.28 bits per heavy atom. The molecule has 1 aliphatic heterocycles. The van der Waals surface area contributed by atoms with Crippen molar-refractivity contribution in [1.29, 1.82) is 0 Å². The number of anilines is 1. The van der Waals surface area contributed by atoms with Gasteiger partial charge in [0, 0.05) is 32.1 Å². The predicted octanol–water partition coefficient (Wildman–Crippen LogP) is 3.52. The Morgan fingerprint density at radius 3 is 2.75 bits per heavy atom. The Labute approximate surface area is 191 Å². The van der Waals surface area contributed by atoms with Crippen molar-refractivity contribution in [2.24, 2.45) is 0 Å². The number of hydrogen-bond acceptors (Lipinski definition) is 5. The van der Waals surface area contributed by atoms with Gasteiger partial charge in [-0.05, 0) is 56.5 Å². The number of benzene rings is 1. The molecular formula is C24H27N5O2S. The van der Waals surface area contributed by atoms with Gasteiger partial charge >= 0.3 is 5.69 Å². The van der Waals surface area contributed by atoms with Crippen molar-refractivity contribution in [1.82, 2.24) is 19.9 Å². The number of rotatable bonds is 5. The number of aromatic amines is 1. The molecule has 7 nitrogen and oxygen atoms in total. The van der Waals surface area contributed by atoms with Crippen molar-refractivity contribution >= 4 is 34.7 Å². The fraction of sp³-hybridized carbons (Fsp3) is 0.333. The van der Waals surface area contributed by atoms with E-state index in [1.165, 1.54) is 5.57 Å². The van der Waals surface area contributed by atoms with Gasteiger partial charge in [-0.1, -0.05) is 29.9 Å². The zero-order valence-electron chi connectivity index (χ0n) is 18.6. The van der Waals surface area contributed by atoms with Gasteiger partial charge in [0.2, 0.25) is 0 Å². The fourth-order valence-electron chi connectivity index (χ4n) is 4.19. The molecule has 1 aromatic carbocycles. The molecule has 0 fully saturated rings. The van der Waals surface area contributed by atoms with Gasteiger partial charge in [-0.3, -0.25) is 9.36 Å². The lowest BCUT2D eigenvalue weighted by molar-refractivity contribution is 0.0958. The largest absolute Gasteiger partial charge is 0.366 e. The fourth-order valence-corrected chi connectivity index (χ4v) is 4.58. The molecule has 1 amide bonds. The maximum Gasteiger partial charge on any atom is 0.326 e. The van der Waals surface area contributed by atoms with Crippen LogP contribution in [0.3, 0.4) is 0 Å². The van der Waals surface area contributed by atoms with E-state index in [4.69, 9.17) is 12.2 Å². The number of nitrogens with zero attached hydrogens (tertiary/aromatic N) is 3. The smallest absolute Gasteiger partial charge is 0.326 e. The lowest BCUT2D eigenvalue weighted by Crippen LogP contribution is -2.30. The summed E-state index contributed by atoms with van der Waals surface area (Å²) in [6, 6.07) is 9.88. The van der Waals surface area contributed by atoms with E-state index in [1.807, 2.05) is 32.0 Å². The van der Waals surface area contributed by atoms with Gasteiger partial charge in [0.15, 0.2) is 0 Å². The first-order chi connectivity index (χ1) is 15.4. The van der Waals surface area contributed by atoms with Crippen molar-refractivity contribution in [3.8, 4) is 0 Å². The minimum atomic E-state index is -0.176. The molecule has 0 bridgehead atoms. The Kier molecular flexibility index (Phi) is 6.23. The number of fused-ring (bicyclic) bond motifs is 1. The third-order valence-electron chi connectivity index (χ3n) is 5.96. The Bertz CT molecular complexity index is 1340. The average molecular weight is 450 g/mol. The van der Waals surface area contributed by atoms with Crippen LogP contribution in [0.25, 0.3) is 10.9 Å². The van der Waals surface area contributed by atoms with Crippen LogP contribution in [0.4, 0.5) is 5.69 Å². The van der Waals surface area contributed by atoms with Crippen molar-refractivity contribution in [3.05, 3.63) is 74.1 Å². The van der Waals surface area contributed by atoms with Gasteiger partial charge in [0.1, 0.15) is 10.3 Å². The summed E-state index contributed by atoms with van der Waals surface area (Å²) in [4.78, 5) is 33.7. The standard InChI is InChI=1S/C24H27N5O2S/c1-4-29-23(32)18-6-5-17(14-20(18)27-24(29)31)13-16-9-11-28(12-10-16)21-8-7-19(22(30)25-3)26-15(21)2/h5-9,14H,4,10-13H2,1-3H3,(H,25,30)(H,27,31). The summed E-state index contributed by atoms with van der Waals surface area (Å²) in [5.74, 6) is -0.176. The summed E-state index contributed by atoms with van der Waals surface area (Å²) in [5.41, 5.74) is 5.49. The molecule has 0 saturated carbocycles. The van der Waals surface area contributed by atoms with E-state index in [2.05, 4.69) is 32.3 Å². The minimum Gasteiger partial charge on any atom is -0.366 e. The molecule has 0 radical (unpaired) electrons. The SMILES string of the molecule is CCn1c(=O)[nH]c2cc(CC3=CCN(c4ccc(C(=O)NC)nc4C)CC3)ccc2c1=S. The normalized spacial score (nSPS) is 13.8. The zero-order chi connectivity index (χ0) is 22.8. The van der Waals surface area contributed by atoms with Crippen molar-refractivity contribution in [2.45, 2.75) is 33.2 Å². The Morgan fingerprint density at radius 2 is 2.09 bits per heavy atom. The van der Waals surface area contributed by atoms with Crippen LogP contribution in [0.1, 0.15) is 35.1 Å². The molecule has 0 saturated heterocycles. The van der Waals surface area contributed by atoms with E-state index in [0.717, 1.165) is 53.8 Å². The number of amides is 1. The molecule has 2 aromatic heterocycles. The molecule has 2 N–H and O–H groups in total. The molecule has 4 rings (SSSR count). The summed E-state index contributed by atoms with van der Waals surface area (Å²) in [5, 5.41) is 3.51. The quantitative estimate of drug-likeness (QED) is 0.460. The van der Waals surface area contributed by atoms with E-state index < -0.39 is 0 Å². The molecule has 3 aromatic rings. The number of carbonyl (C=O) groups is 1. The van der Waals surface area contributed by atoms with Crippen molar-refractivity contribution in [2.75, 3.05) is 25.0 Å². The van der Waals surface area contributed by atoms with Crippen LogP contribution in [0.2, 0.25) is 0 Å². The van der Waals surface area contributed by atoms with Gasteiger partial charge in [-0.2, -0.15) is 0 Å². The van der Waals surface area contributed by atoms with Gasteiger partial charge in [0.25, 0.3) is 5.91 Å². The van der Waals surface area contributed by atoms with Crippen molar-refractivity contribution < 1.29 is 4.79 Å². The molecule has 166 valence electrons. The molecule has 0 aliphatic carbocycles. The van der Waals surface area contributed by atoms with Gasteiger partial charge in [0.05, 0.1) is 16.9 Å². The third kappa shape index (κ3) is 4.23. The average Bonchev–Trinajstić information content (AvgIpc) is 2.79. The number of aromatic nitrogens is 3. The van der Waals surface area contributed by atoms with Crippen LogP contribution >= 0.6 is 12.2 Å². The Balaban J connectivity index is 1.50. The topological polar surface area (TPSA) is 83.0 Å². The van der Waals surface area contributed by atoms with E-state index in [9.17, 15) is 9.59 Å². The summed E-state index contributed by atoms with van der Waals surface area (Å²) < 4.78 is 2.16. The highest BCUT2D eigenvalue weighted by Gasteiger charge is 2.17. The highest BCUT2D eigenvalue weighted by atomic mass is 32.1. The van der Waals surface area contributed by atoms with E-state index in [0.29, 0.717) is 16.9 Å². The van der Waals surface area contributed by atoms with Gasteiger partial charge in [-0.15, -0.1) is 0 Å². The summed E-state index contributed by atoms with van der Waals surface area (Å²) in [6.45, 7) is 6.10. The van der Waals surface area contributed by atoms with E-state index in [-0.39, 0.29) is 11.6 Å². The lowest BCUT2D eigenvalue weighted by atomic mass is 9.98. The van der Waals surface area contributed by atoms with Crippen LogP contribution in [0, 0.1) is 11.6 Å². The second-order valence-corrected chi connectivity index (χ2v) is 8.36. The Hall–Kier alpha value is -3.26. The molecule has 8 heteroatoms. The molecule has 3 heterocycles. The number of pyridine rings is 1. The minimum absolute atomic E-state index is 0.166. The third-order valence-corrected chi connectivity index (χ3v) is 6.40. The predicted molar refractivity (Wildman–Crippen MR) is 130 cm³/mol. The van der Waals surface area contributed by atoms with Crippen molar-refractivity contribution in [3.63, 3.8) is 0 Å². The molecule has 0 atom stereocenters. The molecule has 0 spiro atoms. The van der Waals surface area contributed by atoms with Crippen LogP contribution < -0.4 is 15.9 Å². The first kappa shape index (κ1) is 22.0. The summed E-state index contributed by atoms with van der Waals surface area (Å²) in [6.07, 6.45) is 4.05. The van der Waals surface area contributed by atoms with Crippen LogP contribution in [0.15, 0.2) is 46.8 Å². The molecule has 1 aliphatic rings. The maximum atomic E-state index is 12.3. The van der Waals surface area contributed by atoms with Crippen LogP contribution in [-0.2, 0) is 13.0 Å². The second-order valence-electron chi connectivity index (χ2n) is 7.97.